The molecule has 0 bridgehead atoms. The molecule has 2 heteroatoms. The molecule has 192 valence electrons. The second-order valence-corrected chi connectivity index (χ2v) is 12.0. The summed E-state index contributed by atoms with van der Waals surface area (Å²) in [6.07, 6.45) is 23.0. The van der Waals surface area contributed by atoms with Crippen molar-refractivity contribution in [2.24, 2.45) is 17.8 Å². The molecule has 0 saturated heterocycles. The van der Waals surface area contributed by atoms with Crippen molar-refractivity contribution in [3.05, 3.63) is 34.6 Å². The topological polar surface area (TPSA) is 9.23 Å². The first-order chi connectivity index (χ1) is 16.7. The monoisotopic (exact) mass is 470 g/mol. The molecule has 3 aliphatic carbocycles. The van der Waals surface area contributed by atoms with Gasteiger partial charge >= 0.3 is 0 Å². The van der Waals surface area contributed by atoms with Crippen molar-refractivity contribution in [2.45, 2.75) is 141 Å². The lowest BCUT2D eigenvalue weighted by Crippen LogP contribution is -2.34. The highest BCUT2D eigenvalue weighted by Crippen LogP contribution is 2.48. The molecule has 0 radical (unpaired) electrons. The first-order valence-electron chi connectivity index (χ1n) is 15.1. The van der Waals surface area contributed by atoms with Crippen LogP contribution in [0, 0.1) is 23.6 Å². The van der Waals surface area contributed by atoms with Gasteiger partial charge in [0.15, 0.2) is 0 Å². The second-order valence-electron chi connectivity index (χ2n) is 12.0. The van der Waals surface area contributed by atoms with Crippen LogP contribution in [0.5, 0.6) is 0 Å². The van der Waals surface area contributed by atoms with E-state index in [1.165, 1.54) is 108 Å². The Bertz CT molecular complexity index is 743. The molecule has 2 fully saturated rings. The number of fused-ring (bicyclic) bond motifs is 2. The third-order valence-electron chi connectivity index (χ3n) is 9.50. The minimum atomic E-state index is 0.176. The predicted octanol–water partition coefficient (Wildman–Crippen LogP) is 9.55. The van der Waals surface area contributed by atoms with Crippen LogP contribution in [0.2, 0.25) is 0 Å². The lowest BCUT2D eigenvalue weighted by atomic mass is 9.65. The maximum Gasteiger partial charge on any atom is 0.130 e. The Hall–Kier alpha value is -0.890. The van der Waals surface area contributed by atoms with Crippen LogP contribution in [0.15, 0.2) is 12.1 Å². The molecule has 1 aromatic rings. The summed E-state index contributed by atoms with van der Waals surface area (Å²) in [5.41, 5.74) is 3.44. The van der Waals surface area contributed by atoms with E-state index in [1.807, 2.05) is 0 Å². The normalized spacial score (nSPS) is 29.0. The molecule has 3 aliphatic rings. The molecule has 0 aliphatic heterocycles. The summed E-state index contributed by atoms with van der Waals surface area (Å²) >= 11 is 0. The van der Waals surface area contributed by atoms with Crippen molar-refractivity contribution >= 4 is 0 Å². The number of unbranched alkanes of at least 4 members (excludes halogenated alkanes) is 6. The Labute approximate surface area is 209 Å². The van der Waals surface area contributed by atoms with Crippen LogP contribution in [0.1, 0.15) is 139 Å². The molecule has 0 N–H and O–H groups in total. The third-order valence-corrected chi connectivity index (χ3v) is 9.50. The molecule has 0 heterocycles. The van der Waals surface area contributed by atoms with Crippen molar-refractivity contribution in [3.63, 3.8) is 0 Å². The number of rotatable bonds is 12. The van der Waals surface area contributed by atoms with Gasteiger partial charge in [-0.15, -0.1) is 0 Å². The summed E-state index contributed by atoms with van der Waals surface area (Å²) in [5, 5.41) is 0. The fourth-order valence-corrected chi connectivity index (χ4v) is 7.38. The Morgan fingerprint density at radius 3 is 2.44 bits per heavy atom. The average molecular weight is 471 g/mol. The summed E-state index contributed by atoms with van der Waals surface area (Å²) in [4.78, 5) is 0. The molecule has 2 saturated carbocycles. The van der Waals surface area contributed by atoms with Crippen molar-refractivity contribution < 1.29 is 9.13 Å². The SMILES string of the molecule is CCCCCCCC1CCc2c(ccc(C3CCC4CC(OCCCCC)CCC4C3)c2F)C1. The summed E-state index contributed by atoms with van der Waals surface area (Å²) in [7, 11) is 0. The first-order valence-corrected chi connectivity index (χ1v) is 15.1. The minimum Gasteiger partial charge on any atom is -0.378 e. The molecular formula is C32H51FO. The summed E-state index contributed by atoms with van der Waals surface area (Å²) < 4.78 is 21.9. The number of benzene rings is 1. The molecule has 0 spiro atoms. The van der Waals surface area contributed by atoms with Crippen LogP contribution in [-0.4, -0.2) is 12.7 Å². The van der Waals surface area contributed by atoms with E-state index in [-0.39, 0.29) is 5.82 Å². The summed E-state index contributed by atoms with van der Waals surface area (Å²) in [6, 6.07) is 4.50. The van der Waals surface area contributed by atoms with Crippen LogP contribution >= 0.6 is 0 Å². The van der Waals surface area contributed by atoms with Gasteiger partial charge in [0.05, 0.1) is 6.10 Å². The van der Waals surface area contributed by atoms with Gasteiger partial charge in [0.2, 0.25) is 0 Å². The first kappa shape index (κ1) is 26.2. The highest BCUT2D eigenvalue weighted by Gasteiger charge is 2.37. The van der Waals surface area contributed by atoms with E-state index in [9.17, 15) is 0 Å². The molecule has 34 heavy (non-hydrogen) atoms. The van der Waals surface area contributed by atoms with Crippen molar-refractivity contribution in [3.8, 4) is 0 Å². The lowest BCUT2D eigenvalue weighted by Gasteiger charge is -2.42. The van der Waals surface area contributed by atoms with Gasteiger partial charge in [-0.25, -0.2) is 4.39 Å². The zero-order chi connectivity index (χ0) is 23.8. The third kappa shape index (κ3) is 6.86. The molecule has 5 atom stereocenters. The van der Waals surface area contributed by atoms with Gasteiger partial charge in [0.1, 0.15) is 5.82 Å². The molecule has 0 amide bonds. The Kier molecular flexibility index (Phi) is 10.3. The number of ether oxygens (including phenoxy) is 1. The quantitative estimate of drug-likeness (QED) is 0.276. The average Bonchev–Trinajstić information content (AvgIpc) is 2.86. The van der Waals surface area contributed by atoms with E-state index in [1.54, 1.807) is 0 Å². The van der Waals surface area contributed by atoms with Gasteiger partial charge in [-0.3, -0.25) is 0 Å². The molecular weight excluding hydrogens is 419 g/mol. The van der Waals surface area contributed by atoms with Gasteiger partial charge in [-0.2, -0.15) is 0 Å². The fraction of sp³-hybridized carbons (Fsp3) is 0.812. The highest BCUT2D eigenvalue weighted by atomic mass is 19.1. The van der Waals surface area contributed by atoms with Gasteiger partial charge in [-0.1, -0.05) is 77.3 Å². The Balaban J connectivity index is 1.27. The van der Waals surface area contributed by atoms with Crippen LogP contribution in [0.3, 0.4) is 0 Å². The number of hydrogen-bond acceptors (Lipinski definition) is 1. The molecule has 4 rings (SSSR count). The fourth-order valence-electron chi connectivity index (χ4n) is 7.38. The van der Waals surface area contributed by atoms with E-state index >= 15 is 4.39 Å². The smallest absolute Gasteiger partial charge is 0.130 e. The van der Waals surface area contributed by atoms with E-state index < -0.39 is 0 Å². The van der Waals surface area contributed by atoms with Crippen molar-refractivity contribution in [1.82, 2.24) is 0 Å². The van der Waals surface area contributed by atoms with Crippen LogP contribution < -0.4 is 0 Å². The van der Waals surface area contributed by atoms with Gasteiger partial charge in [0, 0.05) is 6.61 Å². The highest BCUT2D eigenvalue weighted by molar-refractivity contribution is 5.38. The Morgan fingerprint density at radius 2 is 1.59 bits per heavy atom. The van der Waals surface area contributed by atoms with Crippen LogP contribution in [-0.2, 0) is 17.6 Å². The zero-order valence-corrected chi connectivity index (χ0v) is 22.3. The lowest BCUT2D eigenvalue weighted by molar-refractivity contribution is -0.0164. The number of halogens is 1. The molecule has 0 aromatic heterocycles. The van der Waals surface area contributed by atoms with Gasteiger partial charge < -0.3 is 4.74 Å². The van der Waals surface area contributed by atoms with Gasteiger partial charge in [0.25, 0.3) is 0 Å². The van der Waals surface area contributed by atoms with E-state index in [0.29, 0.717) is 12.0 Å². The second kappa shape index (κ2) is 13.4. The van der Waals surface area contributed by atoms with E-state index in [0.717, 1.165) is 48.3 Å². The predicted molar refractivity (Wildman–Crippen MR) is 142 cm³/mol. The Morgan fingerprint density at radius 1 is 0.824 bits per heavy atom. The number of hydrogen-bond donors (Lipinski definition) is 0. The van der Waals surface area contributed by atoms with E-state index in [4.69, 9.17) is 4.74 Å². The maximum absolute atomic E-state index is 15.7. The molecule has 1 aromatic carbocycles. The van der Waals surface area contributed by atoms with Gasteiger partial charge in [-0.05, 0) is 105 Å². The largest absolute Gasteiger partial charge is 0.378 e. The zero-order valence-electron chi connectivity index (χ0n) is 22.3. The van der Waals surface area contributed by atoms with E-state index in [2.05, 4.69) is 26.0 Å². The van der Waals surface area contributed by atoms with Crippen LogP contribution in [0.4, 0.5) is 4.39 Å². The maximum atomic E-state index is 15.7. The van der Waals surface area contributed by atoms with Crippen molar-refractivity contribution in [1.29, 1.82) is 0 Å². The summed E-state index contributed by atoms with van der Waals surface area (Å²) in [6.45, 7) is 5.48. The minimum absolute atomic E-state index is 0.176. The molecule has 1 nitrogen and oxygen atoms in total. The van der Waals surface area contributed by atoms with Crippen molar-refractivity contribution in [2.75, 3.05) is 6.61 Å². The van der Waals surface area contributed by atoms with Crippen LogP contribution in [0.25, 0.3) is 0 Å². The molecule has 5 unspecified atom stereocenters. The summed E-state index contributed by atoms with van der Waals surface area (Å²) in [5.74, 6) is 2.97. The standard InChI is InChI=1S/C32H51FO/c1-3-5-7-8-9-11-24-12-18-30-27(21-24)16-19-31(32(30)33)28-14-13-26-23-29(17-15-25(26)22-28)34-20-10-6-4-2/h16,19,24-26,28-29H,3-15,17-18,20-23H2,1-2H3.